The van der Waals surface area contributed by atoms with Crippen LogP contribution >= 0.6 is 0 Å². The summed E-state index contributed by atoms with van der Waals surface area (Å²) in [4.78, 5) is 9.06. The maximum Gasteiger partial charge on any atom is 0.100 e. The van der Waals surface area contributed by atoms with Crippen molar-refractivity contribution >= 4 is 5.71 Å². The summed E-state index contributed by atoms with van der Waals surface area (Å²) in [5.74, 6) is 0. The van der Waals surface area contributed by atoms with Crippen LogP contribution in [0.1, 0.15) is 17.5 Å². The summed E-state index contributed by atoms with van der Waals surface area (Å²) in [6, 6.07) is 10.4. The Morgan fingerprint density at radius 1 is 0.935 bits per heavy atom. The highest BCUT2D eigenvalue weighted by molar-refractivity contribution is 6.04. The van der Waals surface area contributed by atoms with Gasteiger partial charge < -0.3 is 10.1 Å². The third kappa shape index (κ3) is 4.11. The van der Waals surface area contributed by atoms with Gasteiger partial charge in [0.25, 0.3) is 0 Å². The zero-order valence-electron chi connectivity index (χ0n) is 17.9. The summed E-state index contributed by atoms with van der Waals surface area (Å²) in [6.45, 7) is 6.35. The van der Waals surface area contributed by atoms with Gasteiger partial charge in [0.15, 0.2) is 0 Å². The monoisotopic (exact) mass is 416 g/mol. The molecule has 3 heterocycles. The van der Waals surface area contributed by atoms with Gasteiger partial charge in [-0.1, -0.05) is 23.4 Å². The van der Waals surface area contributed by atoms with Gasteiger partial charge in [0.1, 0.15) is 5.69 Å². The summed E-state index contributed by atoms with van der Waals surface area (Å²) in [5, 5.41) is 17.7. The quantitative estimate of drug-likeness (QED) is 0.512. The van der Waals surface area contributed by atoms with Gasteiger partial charge in [-0.15, -0.1) is 0 Å². The minimum absolute atomic E-state index is 0.777. The number of likely N-dealkylation sites (N-methyl/N-ethyl adjacent to an activating group) is 1. The first-order valence-electron chi connectivity index (χ1n) is 10.9. The van der Waals surface area contributed by atoms with E-state index in [2.05, 4.69) is 56.1 Å². The van der Waals surface area contributed by atoms with E-state index < -0.39 is 0 Å². The highest BCUT2D eigenvalue weighted by atomic mass is 16.4. The second-order valence-electron chi connectivity index (χ2n) is 8.45. The van der Waals surface area contributed by atoms with Crippen molar-refractivity contribution in [2.24, 2.45) is 5.16 Å². The van der Waals surface area contributed by atoms with Gasteiger partial charge in [-0.25, -0.2) is 0 Å². The number of aryl methyl sites for hydroxylation is 1. The number of hydrogen-bond donors (Lipinski definition) is 1. The van der Waals surface area contributed by atoms with Crippen molar-refractivity contribution in [3.63, 3.8) is 0 Å². The number of fused-ring (bicyclic) bond motifs is 1. The van der Waals surface area contributed by atoms with Crippen LogP contribution in [0.4, 0.5) is 0 Å². The topological polar surface area (TPSA) is 69.8 Å². The third-order valence-corrected chi connectivity index (χ3v) is 6.44. The lowest BCUT2D eigenvalue weighted by Gasteiger charge is -2.32. The van der Waals surface area contributed by atoms with E-state index in [4.69, 9.17) is 5.10 Å². The Balaban J connectivity index is 1.45. The van der Waals surface area contributed by atoms with Gasteiger partial charge in [-0.3, -0.25) is 14.6 Å². The molecule has 1 aromatic carbocycles. The van der Waals surface area contributed by atoms with Crippen molar-refractivity contribution in [3.05, 3.63) is 60.0 Å². The highest BCUT2D eigenvalue weighted by Crippen LogP contribution is 2.34. The van der Waals surface area contributed by atoms with E-state index in [1.807, 2.05) is 24.5 Å². The van der Waals surface area contributed by atoms with Gasteiger partial charge in [0.05, 0.1) is 12.3 Å². The van der Waals surface area contributed by atoms with Crippen LogP contribution < -0.4 is 0 Å². The molecule has 1 aliphatic heterocycles. The van der Waals surface area contributed by atoms with Crippen LogP contribution in [-0.2, 0) is 13.0 Å². The molecule has 0 unspecified atom stereocenters. The zero-order chi connectivity index (χ0) is 21.2. The first kappa shape index (κ1) is 19.9. The Morgan fingerprint density at radius 2 is 1.74 bits per heavy atom. The average molecular weight is 417 g/mol. The fraction of sp³-hybridized carbons (Fsp3) is 0.375. The smallest absolute Gasteiger partial charge is 0.100 e. The van der Waals surface area contributed by atoms with E-state index in [9.17, 15) is 5.21 Å². The molecule has 160 valence electrons. The van der Waals surface area contributed by atoms with Crippen LogP contribution in [0, 0.1) is 0 Å². The Bertz CT molecular complexity index is 1080. The number of hydrogen-bond acceptors (Lipinski definition) is 6. The lowest BCUT2D eigenvalue weighted by molar-refractivity contribution is 0.149. The van der Waals surface area contributed by atoms with E-state index in [0.717, 1.165) is 85.8 Å². The van der Waals surface area contributed by atoms with Crippen LogP contribution in [-0.4, -0.2) is 75.3 Å². The normalized spacial score (nSPS) is 18.5. The summed E-state index contributed by atoms with van der Waals surface area (Å²) in [5.41, 5.74) is 7.39. The molecule has 0 radical (unpaired) electrons. The SMILES string of the molecule is CN1CCN(CCn2cc(-c3ccc4c(c3)CC/C4=N\O)c(-c3ccncc3)n2)CC1. The van der Waals surface area contributed by atoms with Gasteiger partial charge >= 0.3 is 0 Å². The molecule has 2 aromatic heterocycles. The average Bonchev–Trinajstić information content (AvgIpc) is 3.43. The second-order valence-corrected chi connectivity index (χ2v) is 8.45. The fourth-order valence-electron chi connectivity index (χ4n) is 4.53. The Hall–Kier alpha value is -3.03. The Kier molecular flexibility index (Phi) is 5.53. The standard InChI is InChI=1S/C24H28N6O/c1-28-10-12-29(13-11-28)14-15-30-17-22(24(26-30)18-6-8-25-9-7-18)20-2-4-21-19(16-20)3-5-23(21)27-31/h2,4,6-9,16-17,31H,3,5,10-15H2,1H3/b27-23+. The molecular formula is C24H28N6O. The minimum atomic E-state index is 0.777. The molecular weight excluding hydrogens is 388 g/mol. The molecule has 0 atom stereocenters. The number of benzene rings is 1. The van der Waals surface area contributed by atoms with Crippen molar-refractivity contribution in [2.75, 3.05) is 39.8 Å². The lowest BCUT2D eigenvalue weighted by Crippen LogP contribution is -2.45. The second kappa shape index (κ2) is 8.61. The number of nitrogens with zero attached hydrogens (tertiary/aromatic N) is 6. The molecule has 3 aromatic rings. The molecule has 1 aliphatic carbocycles. The molecule has 1 saturated heterocycles. The van der Waals surface area contributed by atoms with Crippen LogP contribution in [0.3, 0.4) is 0 Å². The van der Waals surface area contributed by atoms with E-state index in [0.29, 0.717) is 0 Å². The van der Waals surface area contributed by atoms with E-state index in [-0.39, 0.29) is 0 Å². The van der Waals surface area contributed by atoms with Crippen LogP contribution in [0.2, 0.25) is 0 Å². The predicted molar refractivity (Wildman–Crippen MR) is 121 cm³/mol. The van der Waals surface area contributed by atoms with Crippen molar-refractivity contribution < 1.29 is 5.21 Å². The summed E-state index contributed by atoms with van der Waals surface area (Å²) >= 11 is 0. The van der Waals surface area contributed by atoms with Crippen molar-refractivity contribution in [1.29, 1.82) is 0 Å². The van der Waals surface area contributed by atoms with Gasteiger partial charge in [0, 0.05) is 68.0 Å². The van der Waals surface area contributed by atoms with Crippen molar-refractivity contribution in [2.45, 2.75) is 19.4 Å². The molecule has 5 rings (SSSR count). The van der Waals surface area contributed by atoms with Crippen molar-refractivity contribution in [1.82, 2.24) is 24.6 Å². The number of pyridine rings is 1. The minimum Gasteiger partial charge on any atom is -0.411 e. The summed E-state index contributed by atoms with van der Waals surface area (Å²) in [6.07, 6.45) is 7.50. The van der Waals surface area contributed by atoms with Crippen LogP contribution in [0.5, 0.6) is 0 Å². The van der Waals surface area contributed by atoms with Gasteiger partial charge in [-0.2, -0.15) is 5.10 Å². The highest BCUT2D eigenvalue weighted by Gasteiger charge is 2.21. The molecule has 7 heteroatoms. The fourth-order valence-corrected chi connectivity index (χ4v) is 4.53. The first-order chi connectivity index (χ1) is 15.2. The summed E-state index contributed by atoms with van der Waals surface area (Å²) in [7, 11) is 2.18. The molecule has 0 amide bonds. The number of piperazine rings is 1. The predicted octanol–water partition coefficient (Wildman–Crippen LogP) is 2.98. The van der Waals surface area contributed by atoms with E-state index in [1.54, 1.807) is 0 Å². The zero-order valence-corrected chi connectivity index (χ0v) is 17.9. The van der Waals surface area contributed by atoms with Crippen molar-refractivity contribution in [3.8, 4) is 22.4 Å². The van der Waals surface area contributed by atoms with Gasteiger partial charge in [-0.05, 0) is 43.1 Å². The molecule has 1 N–H and O–H groups in total. The number of rotatable bonds is 5. The first-order valence-corrected chi connectivity index (χ1v) is 10.9. The van der Waals surface area contributed by atoms with Crippen LogP contribution in [0.25, 0.3) is 22.4 Å². The third-order valence-electron chi connectivity index (χ3n) is 6.44. The van der Waals surface area contributed by atoms with Crippen LogP contribution in [0.15, 0.2) is 54.1 Å². The molecule has 31 heavy (non-hydrogen) atoms. The maximum absolute atomic E-state index is 9.24. The summed E-state index contributed by atoms with van der Waals surface area (Å²) < 4.78 is 2.08. The maximum atomic E-state index is 9.24. The molecule has 7 nitrogen and oxygen atoms in total. The number of oxime groups is 1. The molecule has 0 spiro atoms. The molecule has 1 fully saturated rings. The largest absolute Gasteiger partial charge is 0.411 e. The van der Waals surface area contributed by atoms with E-state index in [1.165, 1.54) is 5.56 Å². The molecule has 2 aliphatic rings. The Labute approximate surface area is 182 Å². The van der Waals surface area contributed by atoms with Gasteiger partial charge in [0.2, 0.25) is 0 Å². The van der Waals surface area contributed by atoms with E-state index >= 15 is 0 Å². The Morgan fingerprint density at radius 3 is 2.52 bits per heavy atom. The molecule has 0 saturated carbocycles. The number of aromatic nitrogens is 3. The lowest BCUT2D eigenvalue weighted by atomic mass is 9.98. The molecule has 0 bridgehead atoms.